The van der Waals surface area contributed by atoms with Crippen molar-refractivity contribution in [2.75, 3.05) is 34.9 Å². The number of benzene rings is 1. The monoisotopic (exact) mass is 702 g/mol. The SMILES string of the molecule is CC[C@H](C)C([C@@H](CC(=O)CCC1O[C@H](C(=O)CCCc2ccccc2)[C@@H](OC)[C@@H]1CO)OC)N(C)C(=O)[C@@H](CC(=O)[C@@H](NC)C(C)C)C(C)C. The van der Waals surface area contributed by atoms with E-state index in [0.717, 1.165) is 12.8 Å². The van der Waals surface area contributed by atoms with Gasteiger partial charge in [-0.25, -0.2) is 0 Å². The average Bonchev–Trinajstić information content (AvgIpc) is 3.46. The minimum Gasteiger partial charge on any atom is -0.396 e. The molecular weight excluding hydrogens is 636 g/mol. The van der Waals surface area contributed by atoms with Gasteiger partial charge in [0.25, 0.3) is 0 Å². The number of aliphatic hydroxyl groups is 1. The third kappa shape index (κ3) is 12.0. The molecular formula is C40H66N2O8. The van der Waals surface area contributed by atoms with Crippen molar-refractivity contribution >= 4 is 23.3 Å². The van der Waals surface area contributed by atoms with E-state index >= 15 is 0 Å². The number of ketones is 3. The maximum absolute atomic E-state index is 14.1. The van der Waals surface area contributed by atoms with Crippen molar-refractivity contribution in [3.8, 4) is 0 Å². The van der Waals surface area contributed by atoms with E-state index in [0.29, 0.717) is 19.3 Å². The largest absolute Gasteiger partial charge is 0.396 e. The van der Waals surface area contributed by atoms with Crippen LogP contribution < -0.4 is 5.32 Å². The van der Waals surface area contributed by atoms with Gasteiger partial charge in [0.2, 0.25) is 5.91 Å². The van der Waals surface area contributed by atoms with Gasteiger partial charge in [0.05, 0.1) is 37.0 Å². The predicted molar refractivity (Wildman–Crippen MR) is 196 cm³/mol. The highest BCUT2D eigenvalue weighted by Gasteiger charge is 2.47. The number of rotatable bonds is 24. The summed E-state index contributed by atoms with van der Waals surface area (Å²) in [6.45, 7) is 11.8. The van der Waals surface area contributed by atoms with Crippen LogP contribution in [0.2, 0.25) is 0 Å². The van der Waals surface area contributed by atoms with Crippen molar-refractivity contribution in [1.82, 2.24) is 10.2 Å². The minimum atomic E-state index is -0.793. The third-order valence-corrected chi connectivity index (χ3v) is 10.8. The molecule has 2 N–H and O–H groups in total. The molecule has 1 fully saturated rings. The molecule has 284 valence electrons. The lowest BCUT2D eigenvalue weighted by atomic mass is 9.83. The third-order valence-electron chi connectivity index (χ3n) is 10.8. The molecule has 0 bridgehead atoms. The summed E-state index contributed by atoms with van der Waals surface area (Å²) in [4.78, 5) is 55.7. The normalized spacial score (nSPS) is 22.3. The fourth-order valence-electron chi connectivity index (χ4n) is 7.56. The minimum absolute atomic E-state index is 0.0173. The number of likely N-dealkylation sites (N-methyl/N-ethyl adjacent to an activating group) is 2. The number of aryl methyl sites for hydroxylation is 1. The first-order valence-electron chi connectivity index (χ1n) is 18.6. The summed E-state index contributed by atoms with van der Waals surface area (Å²) in [6.07, 6.45) is 0.849. The number of nitrogens with one attached hydrogen (secondary N) is 1. The van der Waals surface area contributed by atoms with Gasteiger partial charge in [-0.05, 0) is 49.6 Å². The van der Waals surface area contributed by atoms with Crippen LogP contribution in [0.5, 0.6) is 0 Å². The van der Waals surface area contributed by atoms with Crippen molar-refractivity contribution in [3.63, 3.8) is 0 Å². The van der Waals surface area contributed by atoms with Gasteiger partial charge >= 0.3 is 0 Å². The second-order valence-corrected chi connectivity index (χ2v) is 14.9. The van der Waals surface area contributed by atoms with Crippen LogP contribution >= 0.6 is 0 Å². The number of hydrogen-bond donors (Lipinski definition) is 2. The molecule has 50 heavy (non-hydrogen) atoms. The number of carbonyl (C=O) groups is 4. The highest BCUT2D eigenvalue weighted by molar-refractivity contribution is 5.90. The van der Waals surface area contributed by atoms with E-state index in [1.807, 2.05) is 65.0 Å². The predicted octanol–water partition coefficient (Wildman–Crippen LogP) is 5.07. The molecule has 1 aromatic carbocycles. The summed E-state index contributed by atoms with van der Waals surface area (Å²) in [6, 6.07) is 9.29. The number of nitrogens with zero attached hydrogens (tertiary/aromatic N) is 1. The molecule has 0 saturated carbocycles. The zero-order chi connectivity index (χ0) is 37.5. The second kappa shape index (κ2) is 21.8. The van der Waals surface area contributed by atoms with Crippen molar-refractivity contribution in [3.05, 3.63) is 35.9 Å². The molecule has 1 aliphatic rings. The van der Waals surface area contributed by atoms with Crippen molar-refractivity contribution in [2.24, 2.45) is 29.6 Å². The van der Waals surface area contributed by atoms with Crippen molar-refractivity contribution in [2.45, 2.75) is 129 Å². The molecule has 1 heterocycles. The first-order valence-corrected chi connectivity index (χ1v) is 18.6. The van der Waals surface area contributed by atoms with Gasteiger partial charge in [0.15, 0.2) is 11.6 Å². The Morgan fingerprint density at radius 2 is 1.64 bits per heavy atom. The van der Waals surface area contributed by atoms with E-state index in [-0.39, 0.29) is 79.0 Å². The molecule has 10 nitrogen and oxygen atoms in total. The van der Waals surface area contributed by atoms with Crippen LogP contribution in [-0.4, -0.2) is 105 Å². The summed E-state index contributed by atoms with van der Waals surface area (Å²) in [7, 11) is 6.61. The topological polar surface area (TPSA) is 131 Å². The molecule has 10 heteroatoms. The summed E-state index contributed by atoms with van der Waals surface area (Å²) >= 11 is 0. The molecule has 0 spiro atoms. The molecule has 2 rings (SSSR count). The summed E-state index contributed by atoms with van der Waals surface area (Å²) in [5.74, 6) is -1.08. The van der Waals surface area contributed by atoms with Crippen LogP contribution in [0.3, 0.4) is 0 Å². The molecule has 1 saturated heterocycles. The molecule has 2 unspecified atom stereocenters. The number of aliphatic hydroxyl groups excluding tert-OH is 1. The number of hydrogen-bond acceptors (Lipinski definition) is 9. The van der Waals surface area contributed by atoms with Gasteiger partial charge in [-0.1, -0.05) is 78.3 Å². The number of Topliss-reactive ketones (excluding diaryl/α,β-unsaturated/α-hetero) is 3. The molecule has 1 aromatic rings. The number of amides is 1. The standard InChI is InChI=1S/C40H66N2O8/c1-11-27(6)37(42(8)40(47)30(25(2)3)23-33(46)36(41-7)26(4)5)35(48-9)22-29(44)20-21-34-31(24-43)38(49-10)39(50-34)32(45)19-15-18-28-16-13-12-14-17-28/h12-14,16-17,25-27,30-31,34-39,41,43H,11,15,18-24H2,1-10H3/t27-,30-,31+,34?,35+,36-,37?,38-,39+/m0/s1. The van der Waals surface area contributed by atoms with Gasteiger partial charge in [-0.15, -0.1) is 0 Å². The van der Waals surface area contributed by atoms with Gasteiger partial charge in [-0.3, -0.25) is 19.2 Å². The van der Waals surface area contributed by atoms with Crippen LogP contribution in [0.25, 0.3) is 0 Å². The fraction of sp³-hybridized carbons (Fsp3) is 0.750. The maximum Gasteiger partial charge on any atom is 0.226 e. The van der Waals surface area contributed by atoms with Crippen LogP contribution in [-0.2, 0) is 39.8 Å². The first kappa shape index (κ1) is 43.7. The van der Waals surface area contributed by atoms with Gasteiger partial charge in [-0.2, -0.15) is 0 Å². The molecule has 9 atom stereocenters. The second-order valence-electron chi connectivity index (χ2n) is 14.9. The maximum atomic E-state index is 14.1. The van der Waals surface area contributed by atoms with E-state index < -0.39 is 36.3 Å². The zero-order valence-corrected chi connectivity index (χ0v) is 32.4. The van der Waals surface area contributed by atoms with E-state index in [4.69, 9.17) is 14.2 Å². The fourth-order valence-corrected chi connectivity index (χ4v) is 7.56. The van der Waals surface area contributed by atoms with Crippen LogP contribution in [0.1, 0.15) is 92.1 Å². The van der Waals surface area contributed by atoms with Gasteiger partial charge < -0.3 is 29.5 Å². The Bertz CT molecular complexity index is 1190. The van der Waals surface area contributed by atoms with E-state index in [1.165, 1.54) is 12.7 Å². The van der Waals surface area contributed by atoms with Crippen molar-refractivity contribution in [1.29, 1.82) is 0 Å². The highest BCUT2D eigenvalue weighted by Crippen LogP contribution is 2.34. The Balaban J connectivity index is 2.10. The molecule has 0 radical (unpaired) electrons. The van der Waals surface area contributed by atoms with E-state index in [9.17, 15) is 24.3 Å². The Morgan fingerprint density at radius 3 is 2.16 bits per heavy atom. The molecule has 0 aromatic heterocycles. The Hall–Kier alpha value is -2.50. The zero-order valence-electron chi connectivity index (χ0n) is 32.4. The molecule has 1 amide bonds. The summed E-state index contributed by atoms with van der Waals surface area (Å²) < 4.78 is 17.8. The lowest BCUT2D eigenvalue weighted by molar-refractivity contribution is -0.146. The highest BCUT2D eigenvalue weighted by atomic mass is 16.6. The smallest absolute Gasteiger partial charge is 0.226 e. The van der Waals surface area contributed by atoms with Crippen LogP contribution in [0, 0.1) is 29.6 Å². The lowest BCUT2D eigenvalue weighted by Gasteiger charge is -2.40. The number of ether oxygens (including phenoxy) is 3. The van der Waals surface area contributed by atoms with Gasteiger partial charge in [0.1, 0.15) is 11.9 Å². The lowest BCUT2D eigenvalue weighted by Crippen LogP contribution is -2.52. The van der Waals surface area contributed by atoms with Gasteiger partial charge in [0, 0.05) is 58.8 Å². The summed E-state index contributed by atoms with van der Waals surface area (Å²) in [5.41, 5.74) is 1.17. The first-order chi connectivity index (χ1) is 23.7. The van der Waals surface area contributed by atoms with Crippen LogP contribution in [0.4, 0.5) is 0 Å². The molecule has 1 aliphatic heterocycles. The Kier molecular flexibility index (Phi) is 19.0. The van der Waals surface area contributed by atoms with E-state index in [2.05, 4.69) is 12.2 Å². The van der Waals surface area contributed by atoms with Crippen LogP contribution in [0.15, 0.2) is 30.3 Å². The molecule has 0 aliphatic carbocycles. The average molecular weight is 703 g/mol. The number of methoxy groups -OCH3 is 2. The quantitative estimate of drug-likeness (QED) is 0.152. The number of carbonyl (C=O) groups excluding carboxylic acids is 4. The Morgan fingerprint density at radius 1 is 0.980 bits per heavy atom. The van der Waals surface area contributed by atoms with Crippen molar-refractivity contribution < 1.29 is 38.5 Å². The van der Waals surface area contributed by atoms with E-state index in [1.54, 1.807) is 26.1 Å². The Labute approximate surface area is 301 Å². The summed E-state index contributed by atoms with van der Waals surface area (Å²) in [5, 5.41) is 13.4.